The van der Waals surface area contributed by atoms with E-state index in [0.717, 1.165) is 5.56 Å². The monoisotopic (exact) mass is 401 g/mol. The summed E-state index contributed by atoms with van der Waals surface area (Å²) in [7, 11) is -2.21. The molecule has 1 unspecified atom stereocenters. The van der Waals surface area contributed by atoms with Gasteiger partial charge in [-0.25, -0.2) is 13.1 Å². The summed E-state index contributed by atoms with van der Waals surface area (Å²) in [5, 5.41) is 5.27. The minimum Gasteiger partial charge on any atom is -0.350 e. The highest BCUT2D eigenvalue weighted by Crippen LogP contribution is 2.11. The fraction of sp³-hybridized carbons (Fsp3) is 0.200. The predicted molar refractivity (Wildman–Crippen MR) is 108 cm³/mol. The number of carbonyl (C=O) groups excluding carboxylic acids is 2. The van der Waals surface area contributed by atoms with E-state index in [-0.39, 0.29) is 23.3 Å². The second-order valence-electron chi connectivity index (χ2n) is 6.05. The van der Waals surface area contributed by atoms with Gasteiger partial charge in [-0.1, -0.05) is 42.5 Å². The highest BCUT2D eigenvalue weighted by atomic mass is 32.2. The highest BCUT2D eigenvalue weighted by molar-refractivity contribution is 7.89. The number of nitrogens with one attached hydrogen (secondary N) is 3. The van der Waals surface area contributed by atoms with Crippen molar-refractivity contribution in [1.29, 1.82) is 0 Å². The summed E-state index contributed by atoms with van der Waals surface area (Å²) in [6.07, 6.45) is 3.03. The Morgan fingerprint density at radius 2 is 1.79 bits per heavy atom. The molecule has 0 fully saturated rings. The smallest absolute Gasteiger partial charge is 0.244 e. The topological polar surface area (TPSA) is 104 Å². The van der Waals surface area contributed by atoms with E-state index in [2.05, 4.69) is 15.4 Å². The molecule has 148 valence electrons. The average molecular weight is 401 g/mol. The van der Waals surface area contributed by atoms with Crippen LogP contribution in [0.4, 0.5) is 0 Å². The number of amides is 2. The Kier molecular flexibility index (Phi) is 7.48. The van der Waals surface area contributed by atoms with Gasteiger partial charge >= 0.3 is 0 Å². The van der Waals surface area contributed by atoms with E-state index < -0.39 is 16.1 Å². The molecule has 0 aliphatic heterocycles. The number of carbonyl (C=O) groups is 2. The lowest BCUT2D eigenvalue weighted by atomic mass is 10.2. The zero-order valence-corrected chi connectivity index (χ0v) is 16.5. The third-order valence-corrected chi connectivity index (χ3v) is 5.33. The summed E-state index contributed by atoms with van der Waals surface area (Å²) in [4.78, 5) is 24.2. The van der Waals surface area contributed by atoms with Gasteiger partial charge in [-0.2, -0.15) is 0 Å². The second kappa shape index (κ2) is 9.82. The molecule has 0 saturated heterocycles. The van der Waals surface area contributed by atoms with Gasteiger partial charge in [0.05, 0.1) is 4.90 Å². The van der Waals surface area contributed by atoms with Gasteiger partial charge in [-0.15, -0.1) is 0 Å². The van der Waals surface area contributed by atoms with Crippen LogP contribution in [0.5, 0.6) is 0 Å². The summed E-state index contributed by atoms with van der Waals surface area (Å²) in [6, 6.07) is 14.9. The zero-order valence-electron chi connectivity index (χ0n) is 15.7. The van der Waals surface area contributed by atoms with E-state index in [1.165, 1.54) is 25.3 Å². The number of hydrogen-bond donors (Lipinski definition) is 3. The van der Waals surface area contributed by atoms with E-state index in [0.29, 0.717) is 5.56 Å². The summed E-state index contributed by atoms with van der Waals surface area (Å²) >= 11 is 0. The number of hydrogen-bond acceptors (Lipinski definition) is 4. The Labute approximate surface area is 164 Å². The molecule has 0 aliphatic carbocycles. The third kappa shape index (κ3) is 6.33. The Hall–Kier alpha value is -2.97. The predicted octanol–water partition coefficient (Wildman–Crippen LogP) is 1.43. The lowest BCUT2D eigenvalue weighted by molar-refractivity contribution is -0.126. The summed E-state index contributed by atoms with van der Waals surface area (Å²) in [5.74, 6) is -0.753. The lowest BCUT2D eigenvalue weighted by Crippen LogP contribution is -2.44. The number of sulfonamides is 1. The van der Waals surface area contributed by atoms with Crippen LogP contribution in [0, 0.1) is 0 Å². The average Bonchev–Trinajstić information content (AvgIpc) is 2.71. The molecule has 3 N–H and O–H groups in total. The minimum absolute atomic E-state index is 0.120. The molecule has 0 spiro atoms. The van der Waals surface area contributed by atoms with Gasteiger partial charge in [-0.05, 0) is 43.3 Å². The van der Waals surface area contributed by atoms with Crippen molar-refractivity contribution >= 4 is 27.9 Å². The third-order valence-electron chi connectivity index (χ3n) is 3.92. The molecule has 1 atom stereocenters. The van der Waals surface area contributed by atoms with Gasteiger partial charge < -0.3 is 10.6 Å². The van der Waals surface area contributed by atoms with Crippen LogP contribution in [0.1, 0.15) is 18.1 Å². The largest absolute Gasteiger partial charge is 0.350 e. The Balaban J connectivity index is 1.88. The van der Waals surface area contributed by atoms with Crippen molar-refractivity contribution in [1.82, 2.24) is 15.4 Å². The first-order valence-electron chi connectivity index (χ1n) is 8.65. The molecule has 0 bridgehead atoms. The molecule has 2 aromatic carbocycles. The van der Waals surface area contributed by atoms with E-state index in [1.807, 2.05) is 30.3 Å². The van der Waals surface area contributed by atoms with Crippen LogP contribution in [-0.2, 0) is 26.2 Å². The quantitative estimate of drug-likeness (QED) is 0.582. The fourth-order valence-electron chi connectivity index (χ4n) is 2.35. The fourth-order valence-corrected chi connectivity index (χ4v) is 3.15. The molecule has 28 heavy (non-hydrogen) atoms. The molecule has 0 heterocycles. The van der Waals surface area contributed by atoms with Gasteiger partial charge in [0.15, 0.2) is 0 Å². The van der Waals surface area contributed by atoms with E-state index in [4.69, 9.17) is 0 Å². The maximum atomic E-state index is 12.2. The van der Waals surface area contributed by atoms with Crippen LogP contribution in [0.3, 0.4) is 0 Å². The Morgan fingerprint density at radius 1 is 1.07 bits per heavy atom. The Morgan fingerprint density at radius 3 is 2.46 bits per heavy atom. The molecule has 8 heteroatoms. The van der Waals surface area contributed by atoms with Crippen molar-refractivity contribution in [3.63, 3.8) is 0 Å². The van der Waals surface area contributed by atoms with Gasteiger partial charge in [0.25, 0.3) is 0 Å². The van der Waals surface area contributed by atoms with Gasteiger partial charge in [-0.3, -0.25) is 9.59 Å². The van der Waals surface area contributed by atoms with Crippen molar-refractivity contribution in [2.24, 2.45) is 0 Å². The molecule has 2 aromatic rings. The first-order chi connectivity index (χ1) is 13.3. The van der Waals surface area contributed by atoms with Crippen molar-refractivity contribution in [2.75, 3.05) is 7.05 Å². The highest BCUT2D eigenvalue weighted by Gasteiger charge is 2.15. The van der Waals surface area contributed by atoms with Crippen LogP contribution < -0.4 is 15.4 Å². The molecule has 0 aliphatic rings. The molecular weight excluding hydrogens is 378 g/mol. The van der Waals surface area contributed by atoms with Crippen LogP contribution in [0.25, 0.3) is 6.08 Å². The van der Waals surface area contributed by atoms with Gasteiger partial charge in [0.2, 0.25) is 21.8 Å². The summed E-state index contributed by atoms with van der Waals surface area (Å²) < 4.78 is 25.9. The van der Waals surface area contributed by atoms with E-state index in [9.17, 15) is 18.0 Å². The molecule has 2 amide bonds. The molecular formula is C20H23N3O4S. The first kappa shape index (κ1) is 21.3. The normalized spacial score (nSPS) is 12.5. The van der Waals surface area contributed by atoms with Crippen molar-refractivity contribution in [2.45, 2.75) is 24.4 Å². The second-order valence-corrected chi connectivity index (χ2v) is 7.93. The number of benzene rings is 2. The van der Waals surface area contributed by atoms with Crippen molar-refractivity contribution in [3.8, 4) is 0 Å². The van der Waals surface area contributed by atoms with E-state index in [1.54, 1.807) is 25.1 Å². The van der Waals surface area contributed by atoms with Crippen LogP contribution in [0.2, 0.25) is 0 Å². The SMILES string of the molecule is CNS(=O)(=O)c1cccc(CNC(=O)C(C)NC(=O)/C=C/c2ccccc2)c1. The molecule has 0 saturated carbocycles. The summed E-state index contributed by atoms with van der Waals surface area (Å²) in [5.41, 5.74) is 1.51. The molecule has 0 aromatic heterocycles. The number of rotatable bonds is 8. The lowest BCUT2D eigenvalue weighted by Gasteiger charge is -2.13. The van der Waals surface area contributed by atoms with Gasteiger partial charge in [0, 0.05) is 12.6 Å². The molecule has 7 nitrogen and oxygen atoms in total. The Bertz CT molecular complexity index is 956. The van der Waals surface area contributed by atoms with Gasteiger partial charge in [0.1, 0.15) is 6.04 Å². The van der Waals surface area contributed by atoms with Crippen LogP contribution >= 0.6 is 0 Å². The standard InChI is InChI=1S/C20H23N3O4S/c1-15(23-19(24)12-11-16-7-4-3-5-8-16)20(25)22-14-17-9-6-10-18(13-17)28(26,27)21-2/h3-13,15,21H,14H2,1-2H3,(H,22,25)(H,23,24)/b12-11+. The molecule has 0 radical (unpaired) electrons. The van der Waals surface area contributed by atoms with E-state index >= 15 is 0 Å². The van der Waals surface area contributed by atoms with Crippen molar-refractivity contribution < 1.29 is 18.0 Å². The maximum absolute atomic E-state index is 12.2. The van der Waals surface area contributed by atoms with Crippen molar-refractivity contribution in [3.05, 3.63) is 71.8 Å². The zero-order chi connectivity index (χ0) is 20.6. The first-order valence-corrected chi connectivity index (χ1v) is 10.1. The maximum Gasteiger partial charge on any atom is 0.244 e. The van der Waals surface area contributed by atoms with Crippen LogP contribution in [0.15, 0.2) is 65.6 Å². The molecule has 2 rings (SSSR count). The minimum atomic E-state index is -3.55. The summed E-state index contributed by atoms with van der Waals surface area (Å²) in [6.45, 7) is 1.72. The van der Waals surface area contributed by atoms with Crippen LogP contribution in [-0.4, -0.2) is 33.3 Å².